The van der Waals surface area contributed by atoms with Gasteiger partial charge in [0.1, 0.15) is 18.2 Å². The number of carbonyl (C=O) groups is 1. The van der Waals surface area contributed by atoms with Crippen LogP contribution in [0.25, 0.3) is 22.1 Å². The van der Waals surface area contributed by atoms with Crippen LogP contribution in [0.15, 0.2) is 60.9 Å². The molecule has 220 valence electrons. The highest BCUT2D eigenvalue weighted by molar-refractivity contribution is 5.92. The van der Waals surface area contributed by atoms with Gasteiger partial charge in [-0.3, -0.25) is 14.9 Å². The number of hydrogen-bond acceptors (Lipinski definition) is 8. The molecular formula is C32H31FN6O4. The zero-order valence-corrected chi connectivity index (χ0v) is 23.5. The van der Waals surface area contributed by atoms with Gasteiger partial charge in [-0.05, 0) is 62.7 Å². The zero-order valence-electron chi connectivity index (χ0n) is 23.5. The third-order valence-electron chi connectivity index (χ3n) is 8.38. The van der Waals surface area contributed by atoms with Gasteiger partial charge in [-0.1, -0.05) is 6.07 Å². The van der Waals surface area contributed by atoms with Gasteiger partial charge < -0.3 is 19.1 Å². The molecule has 43 heavy (non-hydrogen) atoms. The van der Waals surface area contributed by atoms with Crippen LogP contribution in [0, 0.1) is 5.82 Å². The Morgan fingerprint density at radius 3 is 2.53 bits per heavy atom. The summed E-state index contributed by atoms with van der Waals surface area (Å²) < 4.78 is 28.3. The minimum Gasteiger partial charge on any atom is -0.478 e. The van der Waals surface area contributed by atoms with Crippen LogP contribution >= 0.6 is 0 Å². The molecule has 2 aliphatic rings. The number of nitrogens with zero attached hydrogens (tertiary/aromatic N) is 6. The molecule has 0 bridgehead atoms. The van der Waals surface area contributed by atoms with Gasteiger partial charge in [0.25, 0.3) is 0 Å². The summed E-state index contributed by atoms with van der Waals surface area (Å²) in [6.07, 6.45) is 6.11. The molecule has 2 aromatic carbocycles. The monoisotopic (exact) mass is 582 g/mol. The van der Waals surface area contributed by atoms with Crippen LogP contribution in [0.5, 0.6) is 5.88 Å². The van der Waals surface area contributed by atoms with Gasteiger partial charge in [-0.2, -0.15) is 0 Å². The van der Waals surface area contributed by atoms with Gasteiger partial charge in [-0.25, -0.2) is 19.2 Å². The van der Waals surface area contributed by atoms with E-state index in [1.807, 2.05) is 12.1 Å². The second kappa shape index (κ2) is 11.7. The van der Waals surface area contributed by atoms with E-state index >= 15 is 0 Å². The number of aromatic carboxylic acids is 1. The molecule has 0 spiro atoms. The summed E-state index contributed by atoms with van der Waals surface area (Å²) in [4.78, 5) is 32.0. The summed E-state index contributed by atoms with van der Waals surface area (Å²) in [7, 11) is 0. The highest BCUT2D eigenvalue weighted by Gasteiger charge is 2.26. The van der Waals surface area contributed by atoms with Gasteiger partial charge in [0.05, 0.1) is 46.8 Å². The van der Waals surface area contributed by atoms with Crippen molar-refractivity contribution in [1.29, 1.82) is 0 Å². The highest BCUT2D eigenvalue weighted by Crippen LogP contribution is 2.30. The van der Waals surface area contributed by atoms with Gasteiger partial charge >= 0.3 is 5.97 Å². The molecule has 1 atom stereocenters. The van der Waals surface area contributed by atoms with Crippen LogP contribution in [-0.4, -0.2) is 66.3 Å². The first-order valence-corrected chi connectivity index (χ1v) is 14.6. The molecule has 1 N–H and O–H groups in total. The van der Waals surface area contributed by atoms with Crippen LogP contribution in [0.2, 0.25) is 0 Å². The third kappa shape index (κ3) is 5.78. The number of halogens is 1. The number of benzene rings is 2. The van der Waals surface area contributed by atoms with Crippen molar-refractivity contribution < 1.29 is 23.8 Å². The molecule has 0 aliphatic carbocycles. The number of rotatable bonds is 9. The van der Waals surface area contributed by atoms with Crippen molar-refractivity contribution in [2.24, 2.45) is 0 Å². The van der Waals surface area contributed by atoms with Gasteiger partial charge in [0.2, 0.25) is 5.88 Å². The van der Waals surface area contributed by atoms with Crippen LogP contribution in [0.3, 0.4) is 0 Å². The van der Waals surface area contributed by atoms with Gasteiger partial charge in [-0.15, -0.1) is 0 Å². The maximum Gasteiger partial charge on any atom is 0.335 e. The lowest BCUT2D eigenvalue weighted by atomic mass is 9.93. The average molecular weight is 583 g/mol. The van der Waals surface area contributed by atoms with Crippen LogP contribution in [-0.2, 0) is 24.4 Å². The van der Waals surface area contributed by atoms with E-state index in [2.05, 4.69) is 19.4 Å². The highest BCUT2D eigenvalue weighted by atomic mass is 19.1. The molecule has 2 aliphatic heterocycles. The Bertz CT molecular complexity index is 1800. The first kappa shape index (κ1) is 27.4. The van der Waals surface area contributed by atoms with Crippen molar-refractivity contribution in [2.75, 3.05) is 19.7 Å². The van der Waals surface area contributed by atoms with E-state index in [4.69, 9.17) is 19.4 Å². The molecule has 1 unspecified atom stereocenters. The fourth-order valence-electron chi connectivity index (χ4n) is 5.88. The number of aromatic nitrogens is 5. The normalized spacial score (nSPS) is 17.7. The molecule has 10 nitrogen and oxygen atoms in total. The third-order valence-corrected chi connectivity index (χ3v) is 8.38. The molecule has 2 fully saturated rings. The standard InChI is InChI=1S/C32H31FN6O4/c33-24-16-28-27(34-9-10-35-28)14-22(24)19-43-31-3-1-2-25(37-31)20-6-11-38(12-7-20)18-30-36-26-5-4-21(32(40)41)15-29(26)39(30)17-23-8-13-42-23/h1-5,9-10,14-16,20,23H,6-8,11-13,17-19H2,(H,40,41). The van der Waals surface area contributed by atoms with Crippen molar-refractivity contribution >= 4 is 28.0 Å². The van der Waals surface area contributed by atoms with E-state index in [-0.39, 0.29) is 30.0 Å². The lowest BCUT2D eigenvalue weighted by Gasteiger charge is -2.32. The SMILES string of the molecule is O=C(O)c1ccc2nc(CN3CCC(c4cccc(OCc5cc6nccnc6cc5F)n4)CC3)n(CC3CCO3)c2c1. The number of ether oxygens (including phenoxy) is 2. The number of hydrogen-bond donors (Lipinski definition) is 1. The fourth-order valence-corrected chi connectivity index (χ4v) is 5.88. The number of piperidine rings is 1. The first-order chi connectivity index (χ1) is 21.0. The Balaban J connectivity index is 1.01. The number of carboxylic acid groups (broad SMARTS) is 1. The summed E-state index contributed by atoms with van der Waals surface area (Å²) >= 11 is 0. The number of likely N-dealkylation sites (tertiary alicyclic amines) is 1. The quantitative estimate of drug-likeness (QED) is 0.257. The molecule has 3 aromatic heterocycles. The minimum atomic E-state index is -0.947. The molecular weight excluding hydrogens is 551 g/mol. The number of carboxylic acids is 1. The number of fused-ring (bicyclic) bond motifs is 2. The topological polar surface area (TPSA) is 115 Å². The predicted octanol–water partition coefficient (Wildman–Crippen LogP) is 4.96. The lowest BCUT2D eigenvalue weighted by molar-refractivity contribution is -0.0592. The van der Waals surface area contributed by atoms with Crippen molar-refractivity contribution in [3.05, 3.63) is 89.4 Å². The molecule has 7 rings (SSSR count). The van der Waals surface area contributed by atoms with Crippen LogP contribution in [0.4, 0.5) is 4.39 Å². The number of pyridine rings is 1. The van der Waals surface area contributed by atoms with E-state index in [0.717, 1.165) is 61.5 Å². The summed E-state index contributed by atoms with van der Waals surface area (Å²) in [6.45, 7) is 3.91. The fraction of sp³-hybridized carbons (Fsp3) is 0.344. The molecule has 0 amide bonds. The number of imidazole rings is 1. The van der Waals surface area contributed by atoms with Crippen molar-refractivity contribution in [1.82, 2.24) is 29.4 Å². The Morgan fingerprint density at radius 2 is 1.79 bits per heavy atom. The van der Waals surface area contributed by atoms with Crippen molar-refractivity contribution in [3.8, 4) is 5.88 Å². The summed E-state index contributed by atoms with van der Waals surface area (Å²) in [5, 5.41) is 9.51. The van der Waals surface area contributed by atoms with Crippen LogP contribution < -0.4 is 4.74 Å². The average Bonchev–Trinajstić information content (AvgIpc) is 3.34. The molecule has 0 saturated carbocycles. The Labute approximate surface area is 247 Å². The molecule has 5 aromatic rings. The van der Waals surface area contributed by atoms with Crippen LogP contribution in [0.1, 0.15) is 52.6 Å². The van der Waals surface area contributed by atoms with Gasteiger partial charge in [0, 0.05) is 48.3 Å². The van der Waals surface area contributed by atoms with E-state index in [0.29, 0.717) is 35.6 Å². The maximum atomic E-state index is 14.6. The first-order valence-electron chi connectivity index (χ1n) is 14.6. The molecule has 5 heterocycles. The summed E-state index contributed by atoms with van der Waals surface area (Å²) in [6, 6.07) is 13.9. The summed E-state index contributed by atoms with van der Waals surface area (Å²) in [5.41, 5.74) is 4.38. The Kier molecular flexibility index (Phi) is 7.42. The zero-order chi connectivity index (χ0) is 29.3. The summed E-state index contributed by atoms with van der Waals surface area (Å²) in [5.74, 6) is 0.343. The largest absolute Gasteiger partial charge is 0.478 e. The minimum absolute atomic E-state index is 0.0497. The molecule has 11 heteroatoms. The molecule has 2 saturated heterocycles. The van der Waals surface area contributed by atoms with Crippen molar-refractivity contribution in [3.63, 3.8) is 0 Å². The van der Waals surface area contributed by atoms with E-state index in [1.54, 1.807) is 42.7 Å². The predicted molar refractivity (Wildman–Crippen MR) is 156 cm³/mol. The Morgan fingerprint density at radius 1 is 1.00 bits per heavy atom. The smallest absolute Gasteiger partial charge is 0.335 e. The second-order valence-electron chi connectivity index (χ2n) is 11.2. The van der Waals surface area contributed by atoms with Gasteiger partial charge in [0.15, 0.2) is 0 Å². The van der Waals surface area contributed by atoms with E-state index < -0.39 is 5.97 Å². The van der Waals surface area contributed by atoms with E-state index in [9.17, 15) is 14.3 Å². The maximum absolute atomic E-state index is 14.6. The van der Waals surface area contributed by atoms with Crippen molar-refractivity contribution in [2.45, 2.75) is 51.0 Å². The lowest BCUT2D eigenvalue weighted by Crippen LogP contribution is -2.35. The second-order valence-corrected chi connectivity index (χ2v) is 11.2. The molecule has 0 radical (unpaired) electrons. The van der Waals surface area contributed by atoms with E-state index in [1.165, 1.54) is 6.07 Å². The Hall–Kier alpha value is -4.48.